The maximum absolute atomic E-state index is 14.1. The summed E-state index contributed by atoms with van der Waals surface area (Å²) < 4.78 is 5.61. The highest BCUT2D eigenvalue weighted by atomic mass is 35.5. The number of piperidine rings is 1. The molecule has 2 aliphatic heterocycles. The normalized spacial score (nSPS) is 23.3. The van der Waals surface area contributed by atoms with Gasteiger partial charge in [-0.2, -0.15) is 0 Å². The Hall–Kier alpha value is -2.16. The zero-order chi connectivity index (χ0) is 29.6. The Labute approximate surface area is 251 Å². The average molecular weight is 589 g/mol. The number of nitrogens with zero attached hydrogens (tertiary/aromatic N) is 3. The fraction of sp³-hybridized carbons (Fsp3) is 0.719. The number of amides is 2. The number of carbonyl (C=O) groups is 3. The summed E-state index contributed by atoms with van der Waals surface area (Å²) in [5.41, 5.74) is 0.418. The van der Waals surface area contributed by atoms with Crippen molar-refractivity contribution >= 4 is 29.4 Å². The van der Waals surface area contributed by atoms with Gasteiger partial charge in [-0.25, -0.2) is 0 Å². The van der Waals surface area contributed by atoms with Crippen LogP contribution in [0, 0.1) is 11.3 Å². The van der Waals surface area contributed by atoms with E-state index in [1.165, 1.54) is 6.42 Å². The number of rotatable bonds is 9. The van der Waals surface area contributed by atoms with E-state index in [-0.39, 0.29) is 23.8 Å². The van der Waals surface area contributed by atoms with Gasteiger partial charge in [-0.15, -0.1) is 0 Å². The van der Waals surface area contributed by atoms with Crippen LogP contribution in [0.4, 0.5) is 0 Å². The fourth-order valence-electron chi connectivity index (χ4n) is 7.03. The molecule has 1 aromatic rings. The molecule has 0 unspecified atom stereocenters. The van der Waals surface area contributed by atoms with Gasteiger partial charge in [0.15, 0.2) is 0 Å². The summed E-state index contributed by atoms with van der Waals surface area (Å²) >= 11 is 6.12. The number of likely N-dealkylation sites (N-methyl/N-ethyl adjacent to an activating group) is 1. The van der Waals surface area contributed by atoms with Crippen LogP contribution in [-0.2, 0) is 25.5 Å². The molecule has 2 atom stereocenters. The van der Waals surface area contributed by atoms with E-state index in [9.17, 15) is 14.4 Å². The second kappa shape index (κ2) is 14.3. The molecular weight excluding hydrogens is 540 g/mol. The maximum atomic E-state index is 14.1. The van der Waals surface area contributed by atoms with Crippen LogP contribution in [0.25, 0.3) is 0 Å². The Kier molecular flexibility index (Phi) is 11.1. The number of benzene rings is 1. The summed E-state index contributed by atoms with van der Waals surface area (Å²) in [6, 6.07) is 6.78. The van der Waals surface area contributed by atoms with Gasteiger partial charge >= 0.3 is 5.97 Å². The molecule has 1 N–H and O–H groups in total. The molecule has 41 heavy (non-hydrogen) atoms. The van der Waals surface area contributed by atoms with E-state index in [1.54, 1.807) is 0 Å². The molecule has 8 nitrogen and oxygen atoms in total. The zero-order valence-electron chi connectivity index (χ0n) is 25.4. The fourth-order valence-corrected chi connectivity index (χ4v) is 7.15. The summed E-state index contributed by atoms with van der Waals surface area (Å²) in [7, 11) is 1.98. The highest BCUT2D eigenvalue weighted by Gasteiger charge is 2.49. The van der Waals surface area contributed by atoms with Crippen molar-refractivity contribution in [3.63, 3.8) is 0 Å². The minimum atomic E-state index is -0.698. The Morgan fingerprint density at radius 3 is 2.29 bits per heavy atom. The lowest BCUT2D eigenvalue weighted by molar-refractivity contribution is -0.166. The number of halogens is 1. The second-order valence-corrected chi connectivity index (χ2v) is 13.0. The number of nitrogens with one attached hydrogen (secondary N) is 1. The second-order valence-electron chi connectivity index (χ2n) is 12.5. The Morgan fingerprint density at radius 1 is 1.02 bits per heavy atom. The Balaban J connectivity index is 1.50. The maximum Gasteiger partial charge on any atom is 0.312 e. The van der Waals surface area contributed by atoms with Crippen LogP contribution in [0.3, 0.4) is 0 Å². The molecule has 1 saturated carbocycles. The van der Waals surface area contributed by atoms with E-state index in [0.717, 1.165) is 44.3 Å². The molecule has 9 heteroatoms. The van der Waals surface area contributed by atoms with Crippen LogP contribution in [0.15, 0.2) is 24.3 Å². The van der Waals surface area contributed by atoms with E-state index in [1.807, 2.05) is 43.1 Å². The molecular formula is C32H49ClN4O4. The van der Waals surface area contributed by atoms with Crippen LogP contribution in [-0.4, -0.2) is 97.0 Å². The number of esters is 1. The standard InChI is InChI=1S/C32H49ClN4O4/c1-5-41-31(40)32(25-9-7-6-8-10-25)15-17-36(18-16-32)30(39)27(21-24-11-13-26(33)14-12-24)34-29(38)28-22-37(23(2)3)20-19-35(28)4/h11-14,23,25,27-28H,5-10,15-22H2,1-4H3,(H,34,38)/t27-,28+/m1/s1. The van der Waals surface area contributed by atoms with Gasteiger partial charge in [0.2, 0.25) is 11.8 Å². The van der Waals surface area contributed by atoms with Gasteiger partial charge in [-0.1, -0.05) is 43.0 Å². The molecule has 0 aromatic heterocycles. The minimum Gasteiger partial charge on any atom is -0.466 e. The quantitative estimate of drug-likeness (QED) is 0.437. The third-order valence-corrected chi connectivity index (χ3v) is 9.97. The summed E-state index contributed by atoms with van der Waals surface area (Å²) in [6.07, 6.45) is 7.21. The topological polar surface area (TPSA) is 82.2 Å². The van der Waals surface area contributed by atoms with Crippen molar-refractivity contribution in [2.75, 3.05) is 46.4 Å². The van der Waals surface area contributed by atoms with E-state index < -0.39 is 11.5 Å². The van der Waals surface area contributed by atoms with Crippen molar-refractivity contribution < 1.29 is 19.1 Å². The SMILES string of the molecule is CCOC(=O)C1(C2CCCCC2)CCN(C(=O)[C@@H](Cc2ccc(Cl)cc2)NC(=O)[C@@H]2CN(C(C)C)CCN2C)CC1. The smallest absolute Gasteiger partial charge is 0.312 e. The molecule has 3 aliphatic rings. The first kappa shape index (κ1) is 31.8. The highest BCUT2D eigenvalue weighted by molar-refractivity contribution is 6.30. The van der Waals surface area contributed by atoms with Gasteiger partial charge in [-0.05, 0) is 77.1 Å². The first-order valence-corrected chi connectivity index (χ1v) is 16.0. The summed E-state index contributed by atoms with van der Waals surface area (Å²) in [6.45, 7) is 9.86. The first-order chi connectivity index (χ1) is 19.6. The minimum absolute atomic E-state index is 0.0893. The average Bonchev–Trinajstić information content (AvgIpc) is 2.98. The van der Waals surface area contributed by atoms with Crippen LogP contribution < -0.4 is 5.32 Å². The molecule has 0 bridgehead atoms. The number of hydrogen-bond donors (Lipinski definition) is 1. The van der Waals surface area contributed by atoms with Gasteiger partial charge < -0.3 is 15.0 Å². The van der Waals surface area contributed by atoms with Crippen molar-refractivity contribution in [3.05, 3.63) is 34.9 Å². The van der Waals surface area contributed by atoms with Gasteiger partial charge in [0, 0.05) is 50.2 Å². The van der Waals surface area contributed by atoms with Gasteiger partial charge in [0.1, 0.15) is 12.1 Å². The van der Waals surface area contributed by atoms with E-state index in [4.69, 9.17) is 16.3 Å². The monoisotopic (exact) mass is 588 g/mol. The lowest BCUT2D eigenvalue weighted by Crippen LogP contribution is -2.62. The lowest BCUT2D eigenvalue weighted by atomic mass is 9.63. The molecule has 2 saturated heterocycles. The predicted octanol–water partition coefficient (Wildman–Crippen LogP) is 4.14. The Bertz CT molecular complexity index is 1030. The number of ether oxygens (including phenoxy) is 1. The largest absolute Gasteiger partial charge is 0.466 e. The summed E-state index contributed by atoms with van der Waals surface area (Å²) in [4.78, 5) is 47.3. The van der Waals surface area contributed by atoms with E-state index in [0.29, 0.717) is 62.5 Å². The van der Waals surface area contributed by atoms with Crippen molar-refractivity contribution in [1.82, 2.24) is 20.0 Å². The molecule has 1 aromatic carbocycles. The number of hydrogen-bond acceptors (Lipinski definition) is 6. The summed E-state index contributed by atoms with van der Waals surface area (Å²) in [5.74, 6) is 0.00162. The molecule has 2 heterocycles. The molecule has 4 rings (SSSR count). The first-order valence-electron chi connectivity index (χ1n) is 15.6. The van der Waals surface area contributed by atoms with E-state index >= 15 is 0 Å². The van der Waals surface area contributed by atoms with E-state index in [2.05, 4.69) is 29.0 Å². The lowest BCUT2D eigenvalue weighted by Gasteiger charge is -2.46. The van der Waals surface area contributed by atoms with Gasteiger partial charge in [0.25, 0.3) is 0 Å². The molecule has 3 fully saturated rings. The van der Waals surface area contributed by atoms with Crippen LogP contribution >= 0.6 is 11.6 Å². The molecule has 0 spiro atoms. The number of carbonyl (C=O) groups excluding carboxylic acids is 3. The summed E-state index contributed by atoms with van der Waals surface area (Å²) in [5, 5.41) is 3.77. The number of likely N-dealkylation sites (tertiary alicyclic amines) is 1. The van der Waals surface area contributed by atoms with Crippen LogP contribution in [0.1, 0.15) is 71.3 Å². The van der Waals surface area contributed by atoms with Crippen LogP contribution in [0.5, 0.6) is 0 Å². The number of piperazine rings is 1. The van der Waals surface area contributed by atoms with Crippen molar-refractivity contribution in [3.8, 4) is 0 Å². The molecule has 0 radical (unpaired) electrons. The van der Waals surface area contributed by atoms with Crippen LogP contribution in [0.2, 0.25) is 5.02 Å². The third kappa shape index (κ3) is 7.63. The van der Waals surface area contributed by atoms with Crippen molar-refractivity contribution in [1.29, 1.82) is 0 Å². The Morgan fingerprint density at radius 2 is 1.68 bits per heavy atom. The zero-order valence-corrected chi connectivity index (χ0v) is 26.1. The molecule has 228 valence electrons. The predicted molar refractivity (Wildman–Crippen MR) is 162 cm³/mol. The highest BCUT2D eigenvalue weighted by Crippen LogP contribution is 2.47. The molecule has 2 amide bonds. The van der Waals surface area contributed by atoms with Crippen molar-refractivity contribution in [2.45, 2.75) is 90.3 Å². The molecule has 1 aliphatic carbocycles. The third-order valence-electron chi connectivity index (χ3n) is 9.72. The van der Waals surface area contributed by atoms with Crippen molar-refractivity contribution in [2.24, 2.45) is 11.3 Å². The van der Waals surface area contributed by atoms with Gasteiger partial charge in [0.05, 0.1) is 12.0 Å². The van der Waals surface area contributed by atoms with Gasteiger partial charge in [-0.3, -0.25) is 24.2 Å².